The lowest BCUT2D eigenvalue weighted by molar-refractivity contribution is -0.274. The standard InChI is InChI=1S/C15H10F3N3O2/c16-15(17,18)23-11-7-5-10(6-8-11)14(22)9-21-13-4-2-1-3-12(13)19-20-21/h1-8H,9H2. The Kier molecular flexibility index (Phi) is 3.73. The van der Waals surface area contributed by atoms with Crippen molar-refractivity contribution in [3.05, 3.63) is 54.1 Å². The Morgan fingerprint density at radius 3 is 2.48 bits per heavy atom. The minimum absolute atomic E-state index is 0.0556. The van der Waals surface area contributed by atoms with Gasteiger partial charge in [0.15, 0.2) is 5.78 Å². The zero-order valence-electron chi connectivity index (χ0n) is 11.6. The Morgan fingerprint density at radius 2 is 1.78 bits per heavy atom. The number of rotatable bonds is 4. The number of halogens is 3. The van der Waals surface area contributed by atoms with E-state index in [0.29, 0.717) is 11.0 Å². The number of fused-ring (bicyclic) bond motifs is 1. The highest BCUT2D eigenvalue weighted by Gasteiger charge is 2.31. The second-order valence-electron chi connectivity index (χ2n) is 4.73. The van der Waals surface area contributed by atoms with E-state index in [1.54, 1.807) is 18.2 Å². The topological polar surface area (TPSA) is 57.0 Å². The lowest BCUT2D eigenvalue weighted by Gasteiger charge is -2.09. The van der Waals surface area contributed by atoms with Crippen molar-refractivity contribution in [1.82, 2.24) is 15.0 Å². The van der Waals surface area contributed by atoms with Gasteiger partial charge in [0.2, 0.25) is 0 Å². The third-order valence-electron chi connectivity index (χ3n) is 3.12. The van der Waals surface area contributed by atoms with E-state index in [1.165, 1.54) is 16.8 Å². The number of aromatic nitrogens is 3. The van der Waals surface area contributed by atoms with E-state index in [4.69, 9.17) is 0 Å². The molecule has 3 rings (SSSR count). The summed E-state index contributed by atoms with van der Waals surface area (Å²) in [6.45, 7) is -0.0556. The van der Waals surface area contributed by atoms with Crippen LogP contribution >= 0.6 is 0 Å². The molecule has 0 aliphatic carbocycles. The van der Waals surface area contributed by atoms with E-state index in [1.807, 2.05) is 6.07 Å². The summed E-state index contributed by atoms with van der Waals surface area (Å²) in [6.07, 6.45) is -4.76. The largest absolute Gasteiger partial charge is 0.573 e. The van der Waals surface area contributed by atoms with Gasteiger partial charge in [0, 0.05) is 5.56 Å². The van der Waals surface area contributed by atoms with E-state index in [9.17, 15) is 18.0 Å². The monoisotopic (exact) mass is 321 g/mol. The summed E-state index contributed by atoms with van der Waals surface area (Å²) >= 11 is 0. The number of hydrogen-bond acceptors (Lipinski definition) is 4. The number of Topliss-reactive ketones (excluding diaryl/α,β-unsaturated/α-hetero) is 1. The molecule has 1 aromatic heterocycles. The molecule has 0 aliphatic rings. The highest BCUT2D eigenvalue weighted by atomic mass is 19.4. The van der Waals surface area contributed by atoms with Gasteiger partial charge in [-0.3, -0.25) is 4.79 Å². The van der Waals surface area contributed by atoms with Gasteiger partial charge in [-0.05, 0) is 36.4 Å². The highest BCUT2D eigenvalue weighted by Crippen LogP contribution is 2.23. The number of carbonyl (C=O) groups excluding carboxylic acids is 1. The molecule has 0 saturated heterocycles. The minimum atomic E-state index is -4.76. The molecular weight excluding hydrogens is 311 g/mol. The van der Waals surface area contributed by atoms with Gasteiger partial charge in [0.1, 0.15) is 17.8 Å². The second-order valence-corrected chi connectivity index (χ2v) is 4.73. The maximum atomic E-state index is 12.2. The molecule has 118 valence electrons. The molecule has 3 aromatic rings. The first-order valence-corrected chi connectivity index (χ1v) is 6.60. The Labute approximate surface area is 128 Å². The third kappa shape index (κ3) is 3.47. The molecule has 0 unspecified atom stereocenters. The van der Waals surface area contributed by atoms with Gasteiger partial charge in [0.05, 0.1) is 5.52 Å². The van der Waals surface area contributed by atoms with Crippen LogP contribution in [0.15, 0.2) is 48.5 Å². The van der Waals surface area contributed by atoms with Crippen LogP contribution in [0, 0.1) is 0 Å². The minimum Gasteiger partial charge on any atom is -0.406 e. The van der Waals surface area contributed by atoms with Crippen LogP contribution in [0.25, 0.3) is 11.0 Å². The summed E-state index contributed by atoms with van der Waals surface area (Å²) in [7, 11) is 0. The summed E-state index contributed by atoms with van der Waals surface area (Å²) in [5, 5.41) is 7.83. The Bertz CT molecular complexity index is 841. The van der Waals surface area contributed by atoms with Crippen LogP contribution < -0.4 is 4.74 Å². The van der Waals surface area contributed by atoms with Crippen molar-refractivity contribution in [2.75, 3.05) is 0 Å². The fraction of sp³-hybridized carbons (Fsp3) is 0.133. The molecule has 23 heavy (non-hydrogen) atoms. The molecule has 0 aliphatic heterocycles. The maximum absolute atomic E-state index is 12.2. The molecule has 0 radical (unpaired) electrons. The van der Waals surface area contributed by atoms with Crippen LogP contribution in [0.1, 0.15) is 10.4 Å². The van der Waals surface area contributed by atoms with Crippen LogP contribution in [-0.2, 0) is 6.54 Å². The molecule has 2 aromatic carbocycles. The number of ether oxygens (including phenoxy) is 1. The molecule has 8 heteroatoms. The molecule has 0 fully saturated rings. The van der Waals surface area contributed by atoms with Gasteiger partial charge in [0.25, 0.3) is 0 Å². The van der Waals surface area contributed by atoms with Crippen molar-refractivity contribution in [1.29, 1.82) is 0 Å². The summed E-state index contributed by atoms with van der Waals surface area (Å²) in [4.78, 5) is 12.2. The van der Waals surface area contributed by atoms with Crippen molar-refractivity contribution >= 4 is 16.8 Å². The van der Waals surface area contributed by atoms with Crippen LogP contribution in [0.3, 0.4) is 0 Å². The van der Waals surface area contributed by atoms with Crippen LogP contribution in [0.4, 0.5) is 13.2 Å². The highest BCUT2D eigenvalue weighted by molar-refractivity contribution is 5.96. The molecule has 0 bridgehead atoms. The first-order chi connectivity index (χ1) is 10.9. The van der Waals surface area contributed by atoms with Gasteiger partial charge in [-0.2, -0.15) is 0 Å². The lowest BCUT2D eigenvalue weighted by atomic mass is 10.1. The molecule has 5 nitrogen and oxygen atoms in total. The normalized spacial score (nSPS) is 11.6. The van der Waals surface area contributed by atoms with E-state index in [2.05, 4.69) is 15.0 Å². The van der Waals surface area contributed by atoms with Crippen molar-refractivity contribution < 1.29 is 22.7 Å². The lowest BCUT2D eigenvalue weighted by Crippen LogP contribution is -2.17. The average molecular weight is 321 g/mol. The summed E-state index contributed by atoms with van der Waals surface area (Å²) in [6, 6.07) is 11.9. The van der Waals surface area contributed by atoms with E-state index in [-0.39, 0.29) is 23.6 Å². The molecule has 0 amide bonds. The van der Waals surface area contributed by atoms with Crippen LogP contribution in [0.5, 0.6) is 5.75 Å². The number of para-hydroxylation sites is 1. The molecule has 0 spiro atoms. The fourth-order valence-corrected chi connectivity index (χ4v) is 2.10. The van der Waals surface area contributed by atoms with Gasteiger partial charge in [-0.25, -0.2) is 4.68 Å². The van der Waals surface area contributed by atoms with Gasteiger partial charge >= 0.3 is 6.36 Å². The SMILES string of the molecule is O=C(Cn1nnc2ccccc21)c1ccc(OC(F)(F)F)cc1. The second kappa shape index (κ2) is 5.71. The van der Waals surface area contributed by atoms with Gasteiger partial charge in [-0.1, -0.05) is 17.3 Å². The molecule has 0 saturated carbocycles. The predicted molar refractivity (Wildman–Crippen MR) is 75.0 cm³/mol. The first kappa shape index (κ1) is 15.0. The van der Waals surface area contributed by atoms with Gasteiger partial charge in [-0.15, -0.1) is 18.3 Å². The van der Waals surface area contributed by atoms with Crippen molar-refractivity contribution in [3.63, 3.8) is 0 Å². The Balaban J connectivity index is 1.76. The van der Waals surface area contributed by atoms with E-state index >= 15 is 0 Å². The fourth-order valence-electron chi connectivity index (χ4n) is 2.10. The van der Waals surface area contributed by atoms with Crippen molar-refractivity contribution in [3.8, 4) is 5.75 Å². The van der Waals surface area contributed by atoms with E-state index in [0.717, 1.165) is 12.1 Å². The summed E-state index contributed by atoms with van der Waals surface area (Å²) in [5.41, 5.74) is 1.63. The molecule has 1 heterocycles. The summed E-state index contributed by atoms with van der Waals surface area (Å²) < 4.78 is 41.5. The zero-order chi connectivity index (χ0) is 16.4. The summed E-state index contributed by atoms with van der Waals surface area (Å²) in [5.74, 6) is -0.667. The zero-order valence-corrected chi connectivity index (χ0v) is 11.6. The number of nitrogens with zero attached hydrogens (tertiary/aromatic N) is 3. The average Bonchev–Trinajstić information content (AvgIpc) is 2.90. The van der Waals surface area contributed by atoms with Crippen LogP contribution in [0.2, 0.25) is 0 Å². The van der Waals surface area contributed by atoms with Crippen molar-refractivity contribution in [2.45, 2.75) is 12.9 Å². The number of alkyl halides is 3. The Morgan fingerprint density at radius 1 is 1.09 bits per heavy atom. The predicted octanol–water partition coefficient (Wildman–Crippen LogP) is 3.21. The first-order valence-electron chi connectivity index (χ1n) is 6.60. The number of hydrogen-bond donors (Lipinski definition) is 0. The molecule has 0 N–H and O–H groups in total. The maximum Gasteiger partial charge on any atom is 0.573 e. The van der Waals surface area contributed by atoms with Gasteiger partial charge < -0.3 is 4.74 Å². The smallest absolute Gasteiger partial charge is 0.406 e. The number of benzene rings is 2. The third-order valence-corrected chi connectivity index (χ3v) is 3.12. The van der Waals surface area contributed by atoms with E-state index < -0.39 is 6.36 Å². The Hall–Kier alpha value is -2.90. The quantitative estimate of drug-likeness (QED) is 0.692. The van der Waals surface area contributed by atoms with Crippen LogP contribution in [-0.4, -0.2) is 27.1 Å². The molecule has 0 atom stereocenters. The van der Waals surface area contributed by atoms with Crippen molar-refractivity contribution in [2.24, 2.45) is 0 Å². The molecular formula is C15H10F3N3O2. The number of carbonyl (C=O) groups is 1. The number of ketones is 1.